The van der Waals surface area contributed by atoms with Gasteiger partial charge in [-0.3, -0.25) is 9.36 Å². The minimum atomic E-state index is -2.80. The summed E-state index contributed by atoms with van der Waals surface area (Å²) >= 11 is 0. The molecule has 1 aliphatic carbocycles. The van der Waals surface area contributed by atoms with Gasteiger partial charge >= 0.3 is 0 Å². The Hall–Kier alpha value is -4.32. The van der Waals surface area contributed by atoms with Crippen molar-refractivity contribution in [1.82, 2.24) is 24.8 Å². The molecule has 44 heavy (non-hydrogen) atoms. The summed E-state index contributed by atoms with van der Waals surface area (Å²) in [4.78, 5) is 28.4. The van der Waals surface area contributed by atoms with Crippen molar-refractivity contribution >= 4 is 22.9 Å². The maximum atomic E-state index is 14.2. The molecule has 1 N–H and O–H groups in total. The zero-order chi connectivity index (χ0) is 30.5. The number of imidazole rings is 1. The van der Waals surface area contributed by atoms with Crippen LogP contribution in [0, 0.1) is 5.92 Å². The number of aromatic nitrogens is 4. The van der Waals surface area contributed by atoms with Gasteiger partial charge in [-0.15, -0.1) is 0 Å². The van der Waals surface area contributed by atoms with Crippen LogP contribution in [0.15, 0.2) is 54.6 Å². The lowest BCUT2D eigenvalue weighted by Crippen LogP contribution is -2.38. The minimum Gasteiger partial charge on any atom is -0.497 e. The van der Waals surface area contributed by atoms with Crippen molar-refractivity contribution in [2.45, 2.75) is 44.6 Å². The number of carbonyl (C=O) groups is 1. The number of ether oxygens (including phenoxy) is 3. The molecule has 4 aromatic rings. The molecule has 6 rings (SSSR count). The minimum absolute atomic E-state index is 0.0578. The number of nitrogens with one attached hydrogen (secondary N) is 1. The first-order chi connectivity index (χ1) is 21.5. The van der Waals surface area contributed by atoms with Crippen molar-refractivity contribution in [3.8, 4) is 17.4 Å². The van der Waals surface area contributed by atoms with E-state index in [1.54, 1.807) is 37.4 Å². The number of alkyl halides is 2. The molecule has 0 bridgehead atoms. The number of hydrogen-bond donors (Lipinski definition) is 1. The van der Waals surface area contributed by atoms with Crippen LogP contribution >= 0.6 is 0 Å². The van der Waals surface area contributed by atoms with Crippen LogP contribution < -0.4 is 19.7 Å². The Morgan fingerprint density at radius 3 is 2.50 bits per heavy atom. The summed E-state index contributed by atoms with van der Waals surface area (Å²) < 4.78 is 46.7. The Labute approximate surface area is 254 Å². The lowest BCUT2D eigenvalue weighted by atomic mass is 9.86. The van der Waals surface area contributed by atoms with E-state index >= 15 is 0 Å². The molecule has 0 spiro atoms. The second kappa shape index (κ2) is 13.5. The second-order valence-corrected chi connectivity index (χ2v) is 11.0. The number of morpholine rings is 1. The van der Waals surface area contributed by atoms with Gasteiger partial charge in [0, 0.05) is 31.6 Å². The Bertz CT molecular complexity index is 1570. The summed E-state index contributed by atoms with van der Waals surface area (Å²) in [6.07, 6.45) is 0.524. The van der Waals surface area contributed by atoms with E-state index in [2.05, 4.69) is 20.3 Å². The first kappa shape index (κ1) is 29.7. The van der Waals surface area contributed by atoms with E-state index in [-0.39, 0.29) is 29.6 Å². The predicted molar refractivity (Wildman–Crippen MR) is 161 cm³/mol. The third-order valence-corrected chi connectivity index (χ3v) is 8.19. The first-order valence-corrected chi connectivity index (χ1v) is 15.0. The Morgan fingerprint density at radius 2 is 1.77 bits per heavy atom. The third kappa shape index (κ3) is 6.75. The molecule has 1 aliphatic heterocycles. The molecule has 10 nitrogen and oxygen atoms in total. The van der Waals surface area contributed by atoms with E-state index in [9.17, 15) is 13.6 Å². The van der Waals surface area contributed by atoms with Gasteiger partial charge in [-0.05, 0) is 61.9 Å². The Balaban J connectivity index is 1.14. The highest BCUT2D eigenvalue weighted by Crippen LogP contribution is 2.32. The van der Waals surface area contributed by atoms with Gasteiger partial charge < -0.3 is 24.4 Å². The molecule has 2 aliphatic rings. The quantitative estimate of drug-likeness (QED) is 0.272. The third-order valence-electron chi connectivity index (χ3n) is 8.19. The Morgan fingerprint density at radius 1 is 1.02 bits per heavy atom. The van der Waals surface area contributed by atoms with E-state index < -0.39 is 6.43 Å². The topological polar surface area (TPSA) is 104 Å². The molecule has 0 atom stereocenters. The van der Waals surface area contributed by atoms with E-state index in [0.717, 1.165) is 17.7 Å². The number of fused-ring (bicyclic) bond motifs is 1. The van der Waals surface area contributed by atoms with Gasteiger partial charge in [0.25, 0.3) is 6.43 Å². The fraction of sp³-hybridized carbons (Fsp3) is 0.438. The van der Waals surface area contributed by atoms with Crippen molar-refractivity contribution in [3.63, 3.8) is 0 Å². The lowest BCUT2D eigenvalue weighted by molar-refractivity contribution is -0.126. The van der Waals surface area contributed by atoms with Gasteiger partial charge in [-0.25, -0.2) is 13.8 Å². The molecular weight excluding hydrogens is 570 g/mol. The highest BCUT2D eigenvalue weighted by Gasteiger charge is 2.29. The molecule has 0 radical (unpaired) electrons. The van der Waals surface area contributed by atoms with Gasteiger partial charge in [0.05, 0.1) is 31.4 Å². The van der Waals surface area contributed by atoms with Gasteiger partial charge in [0.15, 0.2) is 5.82 Å². The van der Waals surface area contributed by atoms with Crippen molar-refractivity contribution in [2.75, 3.05) is 44.9 Å². The molecule has 1 saturated heterocycles. The largest absolute Gasteiger partial charge is 0.497 e. The van der Waals surface area contributed by atoms with E-state index in [4.69, 9.17) is 14.2 Å². The Kier molecular flexibility index (Phi) is 9.15. The summed E-state index contributed by atoms with van der Waals surface area (Å²) in [5.74, 6) is 1.36. The summed E-state index contributed by atoms with van der Waals surface area (Å²) in [7, 11) is 1.64. The number of benzene rings is 2. The maximum absolute atomic E-state index is 14.2. The van der Waals surface area contributed by atoms with Gasteiger partial charge in [-0.1, -0.05) is 24.3 Å². The van der Waals surface area contributed by atoms with Crippen LogP contribution in [0.25, 0.3) is 16.9 Å². The van der Waals surface area contributed by atoms with E-state index in [1.807, 2.05) is 29.2 Å². The lowest BCUT2D eigenvalue weighted by Gasteiger charge is -2.29. The van der Waals surface area contributed by atoms with Crippen LogP contribution in [0.3, 0.4) is 0 Å². The van der Waals surface area contributed by atoms with Crippen LogP contribution in [0.4, 0.5) is 14.7 Å². The first-order valence-electron chi connectivity index (χ1n) is 15.0. The molecule has 2 aromatic heterocycles. The smallest absolute Gasteiger partial charge is 0.296 e. The van der Waals surface area contributed by atoms with Gasteiger partial charge in [0.1, 0.15) is 17.7 Å². The highest BCUT2D eigenvalue weighted by atomic mass is 19.3. The second-order valence-electron chi connectivity index (χ2n) is 11.0. The number of methoxy groups -OCH3 is 1. The highest BCUT2D eigenvalue weighted by molar-refractivity contribution is 5.79. The maximum Gasteiger partial charge on any atom is 0.296 e. The standard InChI is InChI=1S/C32H36F2N6O4/c1-42-23-10-6-21(7-11-23)14-15-35-31(41)22-8-12-24(13-9-22)44-28-20-27(37-32(38-28)39-16-18-43-19-17-39)40-26-5-3-2-4-25(26)36-30(40)29(33)34/h2-7,10-11,20,22,24,29H,8-9,12-19H2,1H3,(H,35,41). The van der Waals surface area contributed by atoms with Crippen molar-refractivity contribution in [1.29, 1.82) is 0 Å². The summed E-state index contributed by atoms with van der Waals surface area (Å²) in [5, 5.41) is 3.07. The molecule has 232 valence electrons. The number of para-hydroxylation sites is 2. The van der Waals surface area contributed by atoms with Crippen LogP contribution in [-0.4, -0.2) is 71.5 Å². The molecule has 2 fully saturated rings. The molecular formula is C32H36F2N6O4. The number of nitrogens with zero attached hydrogens (tertiary/aromatic N) is 5. The van der Waals surface area contributed by atoms with Gasteiger partial charge in [-0.2, -0.15) is 9.97 Å². The van der Waals surface area contributed by atoms with Crippen LogP contribution in [0.2, 0.25) is 0 Å². The zero-order valence-corrected chi connectivity index (χ0v) is 24.6. The molecule has 12 heteroatoms. The van der Waals surface area contributed by atoms with E-state index in [0.29, 0.717) is 81.4 Å². The fourth-order valence-electron chi connectivity index (χ4n) is 5.79. The normalized spacial score (nSPS) is 18.9. The van der Waals surface area contributed by atoms with E-state index in [1.165, 1.54) is 4.57 Å². The molecule has 0 unspecified atom stereocenters. The number of carbonyl (C=O) groups excluding carboxylic acids is 1. The average molecular weight is 607 g/mol. The van der Waals surface area contributed by atoms with Crippen LogP contribution in [0.1, 0.15) is 43.5 Å². The van der Waals surface area contributed by atoms with Crippen molar-refractivity contribution in [2.24, 2.45) is 5.92 Å². The van der Waals surface area contributed by atoms with Crippen molar-refractivity contribution < 1.29 is 27.8 Å². The summed E-state index contributed by atoms with van der Waals surface area (Å²) in [5.41, 5.74) is 2.12. The van der Waals surface area contributed by atoms with Gasteiger partial charge in [0.2, 0.25) is 17.7 Å². The SMILES string of the molecule is COc1ccc(CCNC(=O)C2CCC(Oc3cc(-n4c(C(F)F)nc5ccccc54)nc(N4CCOCC4)n3)CC2)cc1. The molecule has 1 saturated carbocycles. The summed E-state index contributed by atoms with van der Waals surface area (Å²) in [6, 6.07) is 16.4. The zero-order valence-electron chi connectivity index (χ0n) is 24.6. The van der Waals surface area contributed by atoms with Crippen LogP contribution in [-0.2, 0) is 16.0 Å². The van der Waals surface area contributed by atoms with Crippen molar-refractivity contribution in [3.05, 3.63) is 66.0 Å². The fourth-order valence-corrected chi connectivity index (χ4v) is 5.79. The number of rotatable bonds is 10. The molecule has 3 heterocycles. The average Bonchev–Trinajstić information content (AvgIpc) is 3.46. The summed E-state index contributed by atoms with van der Waals surface area (Å²) in [6.45, 7) is 2.76. The molecule has 1 amide bonds. The monoisotopic (exact) mass is 606 g/mol. The number of hydrogen-bond acceptors (Lipinski definition) is 8. The number of amides is 1. The number of halogens is 2. The number of anilines is 1. The predicted octanol–water partition coefficient (Wildman–Crippen LogP) is 4.89. The van der Waals surface area contributed by atoms with Crippen LogP contribution in [0.5, 0.6) is 11.6 Å². The molecule has 2 aromatic carbocycles.